The number of nitrogens with one attached hydrogen (secondary N) is 1. The highest BCUT2D eigenvalue weighted by Gasteiger charge is 2.30. The molecule has 12 heavy (non-hydrogen) atoms. The number of aliphatic hydroxyl groups is 1. The van der Waals surface area contributed by atoms with Gasteiger partial charge in [0, 0.05) is 13.1 Å². The van der Waals surface area contributed by atoms with Crippen molar-refractivity contribution in [1.82, 2.24) is 5.32 Å². The molecule has 74 valence electrons. The number of hydrogen-bond acceptors (Lipinski definition) is 2. The molecule has 1 unspecified atom stereocenters. The fourth-order valence-electron chi connectivity index (χ4n) is 1.29. The van der Waals surface area contributed by atoms with Gasteiger partial charge in [-0.3, -0.25) is 0 Å². The Hall–Kier alpha value is -0.0800. The van der Waals surface area contributed by atoms with Crippen LogP contribution >= 0.6 is 0 Å². The second-order valence-corrected chi connectivity index (χ2v) is 3.80. The summed E-state index contributed by atoms with van der Waals surface area (Å²) >= 11 is 0. The van der Waals surface area contributed by atoms with Gasteiger partial charge in [0.1, 0.15) is 0 Å². The number of rotatable bonds is 3. The van der Waals surface area contributed by atoms with Crippen molar-refractivity contribution in [1.29, 1.82) is 0 Å². The molecule has 0 bridgehead atoms. The molecule has 0 aromatic heterocycles. The van der Waals surface area contributed by atoms with Crippen LogP contribution in [-0.2, 0) is 0 Å². The highest BCUT2D eigenvalue weighted by Crippen LogP contribution is 2.27. The molecule has 1 fully saturated rings. The van der Waals surface area contributed by atoms with Crippen molar-refractivity contribution in [3.63, 3.8) is 0 Å². The van der Waals surface area contributed by atoms with E-state index in [9.17, 15) is 0 Å². The summed E-state index contributed by atoms with van der Waals surface area (Å²) < 4.78 is 0. The van der Waals surface area contributed by atoms with Crippen molar-refractivity contribution in [2.75, 3.05) is 13.1 Å². The van der Waals surface area contributed by atoms with E-state index in [-0.39, 0.29) is 6.10 Å². The minimum Gasteiger partial charge on any atom is -0.393 e. The van der Waals surface area contributed by atoms with Gasteiger partial charge < -0.3 is 10.4 Å². The second kappa shape index (κ2) is 5.55. The van der Waals surface area contributed by atoms with Gasteiger partial charge in [0.05, 0.1) is 6.10 Å². The van der Waals surface area contributed by atoms with Crippen molar-refractivity contribution in [2.24, 2.45) is 5.41 Å². The largest absolute Gasteiger partial charge is 0.393 e. The lowest BCUT2D eigenvalue weighted by atomic mass is 9.79. The van der Waals surface area contributed by atoms with Crippen molar-refractivity contribution >= 4 is 0 Å². The highest BCUT2D eigenvalue weighted by molar-refractivity contribution is 4.88. The lowest BCUT2D eigenvalue weighted by Gasteiger charge is -2.39. The molecular formula is C10H23NO. The second-order valence-electron chi connectivity index (χ2n) is 3.80. The summed E-state index contributed by atoms with van der Waals surface area (Å²) in [5.74, 6) is 0. The van der Waals surface area contributed by atoms with Gasteiger partial charge >= 0.3 is 0 Å². The average molecular weight is 173 g/mol. The predicted molar refractivity (Wildman–Crippen MR) is 53.2 cm³/mol. The van der Waals surface area contributed by atoms with Crippen LogP contribution in [0.1, 0.15) is 40.5 Å². The van der Waals surface area contributed by atoms with E-state index in [4.69, 9.17) is 5.11 Å². The van der Waals surface area contributed by atoms with Gasteiger partial charge in [0.2, 0.25) is 0 Å². The Kier molecular flexibility index (Phi) is 5.51. The lowest BCUT2D eigenvalue weighted by Crippen LogP contribution is -2.51. The Morgan fingerprint density at radius 2 is 1.92 bits per heavy atom. The van der Waals surface area contributed by atoms with Crippen LogP contribution in [0.4, 0.5) is 0 Å². The van der Waals surface area contributed by atoms with Crippen LogP contribution in [0.3, 0.4) is 0 Å². The van der Waals surface area contributed by atoms with E-state index in [0.717, 1.165) is 25.9 Å². The summed E-state index contributed by atoms with van der Waals surface area (Å²) in [5.41, 5.74) is 0.483. The third-order valence-corrected chi connectivity index (χ3v) is 2.27. The maximum Gasteiger partial charge on any atom is 0.0512 e. The third kappa shape index (κ3) is 4.07. The molecule has 1 aliphatic heterocycles. The first-order valence-electron chi connectivity index (χ1n) is 5.01. The topological polar surface area (TPSA) is 32.3 Å². The first-order valence-corrected chi connectivity index (χ1v) is 5.01. The summed E-state index contributed by atoms with van der Waals surface area (Å²) in [4.78, 5) is 0. The van der Waals surface area contributed by atoms with E-state index >= 15 is 0 Å². The van der Waals surface area contributed by atoms with Crippen LogP contribution in [-0.4, -0.2) is 24.3 Å². The van der Waals surface area contributed by atoms with E-state index in [1.54, 1.807) is 0 Å². The smallest absolute Gasteiger partial charge is 0.0512 e. The summed E-state index contributed by atoms with van der Waals surface area (Å²) in [5, 5.41) is 12.3. The molecular weight excluding hydrogens is 150 g/mol. The molecule has 1 rings (SSSR count). The van der Waals surface area contributed by atoms with Crippen molar-refractivity contribution in [3.05, 3.63) is 0 Å². The maximum atomic E-state index is 9.01. The van der Waals surface area contributed by atoms with Crippen LogP contribution in [0.15, 0.2) is 0 Å². The van der Waals surface area contributed by atoms with Crippen LogP contribution < -0.4 is 5.32 Å². The zero-order valence-electron chi connectivity index (χ0n) is 8.85. The molecule has 0 aromatic carbocycles. The van der Waals surface area contributed by atoms with Gasteiger partial charge in [-0.25, -0.2) is 0 Å². The Bertz CT molecular complexity index is 108. The fraction of sp³-hybridized carbons (Fsp3) is 1.00. The molecule has 0 aliphatic carbocycles. The Labute approximate surface area is 76.4 Å². The normalized spacial score (nSPS) is 21.8. The van der Waals surface area contributed by atoms with E-state index in [1.165, 1.54) is 0 Å². The number of hydrogen-bond donors (Lipinski definition) is 2. The fourth-order valence-corrected chi connectivity index (χ4v) is 1.29. The Morgan fingerprint density at radius 3 is 2.17 bits per heavy atom. The van der Waals surface area contributed by atoms with Gasteiger partial charge in [-0.1, -0.05) is 20.8 Å². The molecule has 0 amide bonds. The first-order chi connectivity index (χ1) is 5.62. The van der Waals surface area contributed by atoms with Crippen LogP contribution in [0.25, 0.3) is 0 Å². The van der Waals surface area contributed by atoms with Gasteiger partial charge in [0.25, 0.3) is 0 Å². The van der Waals surface area contributed by atoms with Crippen LogP contribution in [0.5, 0.6) is 0 Å². The first kappa shape index (κ1) is 11.9. The zero-order chi connectivity index (χ0) is 9.61. The highest BCUT2D eigenvalue weighted by atomic mass is 16.3. The SMILES string of the molecule is CC.CC(O)CCC1(C)CNC1. The summed E-state index contributed by atoms with van der Waals surface area (Å²) in [6.07, 6.45) is 1.97. The molecule has 1 heterocycles. The van der Waals surface area contributed by atoms with Gasteiger partial charge in [-0.05, 0) is 25.2 Å². The summed E-state index contributed by atoms with van der Waals surface area (Å²) in [6.45, 7) is 10.4. The summed E-state index contributed by atoms with van der Waals surface area (Å²) in [7, 11) is 0. The van der Waals surface area contributed by atoms with E-state index in [1.807, 2.05) is 20.8 Å². The molecule has 2 N–H and O–H groups in total. The Balaban J connectivity index is 0.000000561. The molecule has 2 heteroatoms. The molecule has 0 radical (unpaired) electrons. The molecule has 2 nitrogen and oxygen atoms in total. The zero-order valence-corrected chi connectivity index (χ0v) is 8.85. The van der Waals surface area contributed by atoms with Gasteiger partial charge in [-0.15, -0.1) is 0 Å². The quantitative estimate of drug-likeness (QED) is 0.682. The molecule has 0 spiro atoms. The monoisotopic (exact) mass is 173 g/mol. The van der Waals surface area contributed by atoms with E-state index in [0.29, 0.717) is 5.41 Å². The number of aliphatic hydroxyl groups excluding tert-OH is 1. The van der Waals surface area contributed by atoms with Gasteiger partial charge in [-0.2, -0.15) is 0 Å². The molecule has 1 aliphatic rings. The maximum absolute atomic E-state index is 9.01. The average Bonchev–Trinajstić information content (AvgIpc) is 2.01. The van der Waals surface area contributed by atoms with E-state index < -0.39 is 0 Å². The summed E-state index contributed by atoms with van der Waals surface area (Å²) in [6, 6.07) is 0. The predicted octanol–water partition coefficient (Wildman–Crippen LogP) is 1.78. The van der Waals surface area contributed by atoms with Crippen molar-refractivity contribution in [2.45, 2.75) is 46.6 Å². The van der Waals surface area contributed by atoms with Gasteiger partial charge in [0.15, 0.2) is 0 Å². The molecule has 1 saturated heterocycles. The third-order valence-electron chi connectivity index (χ3n) is 2.27. The minimum absolute atomic E-state index is 0.127. The van der Waals surface area contributed by atoms with Crippen LogP contribution in [0.2, 0.25) is 0 Å². The van der Waals surface area contributed by atoms with E-state index in [2.05, 4.69) is 12.2 Å². The Morgan fingerprint density at radius 1 is 1.42 bits per heavy atom. The minimum atomic E-state index is -0.127. The molecule has 0 saturated carbocycles. The van der Waals surface area contributed by atoms with Crippen LogP contribution in [0, 0.1) is 5.41 Å². The molecule has 1 atom stereocenters. The van der Waals surface area contributed by atoms with Crippen molar-refractivity contribution in [3.8, 4) is 0 Å². The molecule has 0 aromatic rings. The standard InChI is InChI=1S/C8H17NO.C2H6/c1-7(10)3-4-8(2)5-9-6-8;1-2/h7,9-10H,3-6H2,1-2H3;1-2H3. The van der Waals surface area contributed by atoms with Crippen molar-refractivity contribution < 1.29 is 5.11 Å². The lowest BCUT2D eigenvalue weighted by molar-refractivity contribution is 0.122.